The van der Waals surface area contributed by atoms with Gasteiger partial charge in [0.25, 0.3) is 8.32 Å². The number of nitrogens with two attached hydrogens (primary N) is 1. The van der Waals surface area contributed by atoms with Gasteiger partial charge >= 0.3 is 5.97 Å². The van der Waals surface area contributed by atoms with Gasteiger partial charge in [0.05, 0.1) is 13.7 Å². The second-order valence-electron chi connectivity index (χ2n) is 7.10. The van der Waals surface area contributed by atoms with Crippen LogP contribution in [0.1, 0.15) is 20.8 Å². The molecule has 0 heterocycles. The normalized spacial score (nSPS) is 13.3. The Balaban J connectivity index is 2.55. The van der Waals surface area contributed by atoms with E-state index in [-0.39, 0.29) is 11.6 Å². The van der Waals surface area contributed by atoms with E-state index >= 15 is 0 Å². The highest BCUT2D eigenvalue weighted by Crippen LogP contribution is 2.36. The first-order chi connectivity index (χ1) is 11.8. The van der Waals surface area contributed by atoms with Crippen molar-refractivity contribution in [3.05, 3.63) is 60.7 Å². The first-order valence-corrected chi connectivity index (χ1v) is 10.3. The molecule has 25 heavy (non-hydrogen) atoms. The zero-order chi connectivity index (χ0) is 18.5. The fraction of sp³-hybridized carbons (Fsp3) is 0.350. The fourth-order valence-electron chi connectivity index (χ4n) is 3.20. The molecular formula is C20H27NO3Si. The summed E-state index contributed by atoms with van der Waals surface area (Å²) in [6.07, 6.45) is 0. The maximum Gasteiger partial charge on any atom is 0.324 e. The molecule has 0 bridgehead atoms. The molecule has 0 radical (unpaired) electrons. The third-order valence-electron chi connectivity index (χ3n) is 4.40. The van der Waals surface area contributed by atoms with Crippen LogP contribution in [-0.2, 0) is 14.0 Å². The van der Waals surface area contributed by atoms with E-state index in [1.165, 1.54) is 7.11 Å². The van der Waals surface area contributed by atoms with Crippen molar-refractivity contribution in [3.63, 3.8) is 0 Å². The van der Waals surface area contributed by atoms with E-state index in [1.54, 1.807) is 0 Å². The van der Waals surface area contributed by atoms with Gasteiger partial charge in [-0.1, -0.05) is 81.4 Å². The van der Waals surface area contributed by atoms with Crippen molar-refractivity contribution >= 4 is 24.7 Å². The molecule has 0 spiro atoms. The predicted molar refractivity (Wildman–Crippen MR) is 104 cm³/mol. The summed E-state index contributed by atoms with van der Waals surface area (Å²) < 4.78 is 11.3. The van der Waals surface area contributed by atoms with Gasteiger partial charge in [-0.15, -0.1) is 0 Å². The molecule has 0 amide bonds. The van der Waals surface area contributed by atoms with Gasteiger partial charge in [-0.25, -0.2) is 0 Å². The second kappa shape index (κ2) is 7.95. The molecule has 5 heteroatoms. The second-order valence-corrected chi connectivity index (χ2v) is 11.4. The van der Waals surface area contributed by atoms with E-state index in [0.29, 0.717) is 0 Å². The van der Waals surface area contributed by atoms with Gasteiger partial charge in [-0.2, -0.15) is 0 Å². The Kier molecular flexibility index (Phi) is 6.16. The largest absolute Gasteiger partial charge is 0.468 e. The molecular weight excluding hydrogens is 330 g/mol. The predicted octanol–water partition coefficient (Wildman–Crippen LogP) is 2.06. The Morgan fingerprint density at radius 3 is 1.80 bits per heavy atom. The number of methoxy groups -OCH3 is 1. The molecule has 2 rings (SSSR count). The van der Waals surface area contributed by atoms with Crippen LogP contribution in [0.25, 0.3) is 0 Å². The van der Waals surface area contributed by atoms with Crippen molar-refractivity contribution in [2.24, 2.45) is 5.73 Å². The van der Waals surface area contributed by atoms with Crippen molar-refractivity contribution in [1.29, 1.82) is 0 Å². The molecule has 2 aromatic carbocycles. The number of carbonyl (C=O) groups is 1. The minimum absolute atomic E-state index is 0.125. The smallest absolute Gasteiger partial charge is 0.324 e. The van der Waals surface area contributed by atoms with Crippen LogP contribution in [0.3, 0.4) is 0 Å². The average molecular weight is 358 g/mol. The maximum atomic E-state index is 11.7. The van der Waals surface area contributed by atoms with Gasteiger partial charge in [0.2, 0.25) is 0 Å². The molecule has 2 aromatic rings. The lowest BCUT2D eigenvalue weighted by Gasteiger charge is -2.43. The quantitative estimate of drug-likeness (QED) is 0.635. The highest BCUT2D eigenvalue weighted by atomic mass is 28.4. The van der Waals surface area contributed by atoms with Crippen molar-refractivity contribution < 1.29 is 14.0 Å². The molecule has 0 saturated heterocycles. The number of benzene rings is 2. The molecule has 2 N–H and O–H groups in total. The number of ether oxygens (including phenoxy) is 1. The number of hydrogen-bond donors (Lipinski definition) is 1. The summed E-state index contributed by atoms with van der Waals surface area (Å²) in [5.74, 6) is -0.460. The van der Waals surface area contributed by atoms with E-state index in [1.807, 2.05) is 36.4 Å². The standard InChI is InChI=1S/C20H27NO3Si/c1-20(2,3)25(16-11-7-5-8-12-16,17-13-9-6-10-14-17)24-15-18(21)19(22)23-4/h5-14,18H,15,21H2,1-4H3. The minimum atomic E-state index is -2.66. The fourth-order valence-corrected chi connectivity index (χ4v) is 7.78. The van der Waals surface area contributed by atoms with Gasteiger partial charge in [0.15, 0.2) is 0 Å². The van der Waals surface area contributed by atoms with E-state index in [0.717, 1.165) is 10.4 Å². The Labute approximate surface area is 151 Å². The molecule has 0 aliphatic heterocycles. The van der Waals surface area contributed by atoms with E-state index in [9.17, 15) is 4.79 Å². The zero-order valence-corrected chi connectivity index (χ0v) is 16.4. The van der Waals surface area contributed by atoms with Crippen LogP contribution in [-0.4, -0.2) is 34.0 Å². The van der Waals surface area contributed by atoms with Crippen LogP contribution in [0.15, 0.2) is 60.7 Å². The van der Waals surface area contributed by atoms with Crippen molar-refractivity contribution in [2.45, 2.75) is 31.9 Å². The van der Waals surface area contributed by atoms with E-state index < -0.39 is 20.3 Å². The van der Waals surface area contributed by atoms with E-state index in [2.05, 4.69) is 45.0 Å². The lowest BCUT2D eigenvalue weighted by molar-refractivity contribution is -0.142. The number of carbonyl (C=O) groups excluding carboxylic acids is 1. The number of hydrogen-bond acceptors (Lipinski definition) is 4. The SMILES string of the molecule is COC(=O)C(N)CO[Si](c1ccccc1)(c1ccccc1)C(C)(C)C. The van der Waals surface area contributed by atoms with Crippen molar-refractivity contribution in [3.8, 4) is 0 Å². The number of esters is 1. The van der Waals surface area contributed by atoms with Crippen LogP contribution >= 0.6 is 0 Å². The van der Waals surface area contributed by atoms with Crippen LogP contribution in [0.2, 0.25) is 5.04 Å². The molecule has 0 fully saturated rings. The first kappa shape index (κ1) is 19.4. The maximum absolute atomic E-state index is 11.7. The molecule has 0 saturated carbocycles. The summed E-state index contributed by atoms with van der Waals surface area (Å²) in [7, 11) is -1.32. The third-order valence-corrected chi connectivity index (χ3v) is 9.40. The van der Waals surface area contributed by atoms with Gasteiger partial charge in [0, 0.05) is 0 Å². The van der Waals surface area contributed by atoms with Crippen LogP contribution in [0.4, 0.5) is 0 Å². The Morgan fingerprint density at radius 1 is 1.00 bits per heavy atom. The molecule has 134 valence electrons. The average Bonchev–Trinajstić information content (AvgIpc) is 2.62. The lowest BCUT2D eigenvalue weighted by Crippen LogP contribution is -2.67. The van der Waals surface area contributed by atoms with Gasteiger partial charge in [0.1, 0.15) is 6.04 Å². The molecule has 1 unspecified atom stereocenters. The summed E-state index contributed by atoms with van der Waals surface area (Å²) >= 11 is 0. The van der Waals surface area contributed by atoms with E-state index in [4.69, 9.17) is 14.9 Å². The highest BCUT2D eigenvalue weighted by molar-refractivity contribution is 6.99. The highest BCUT2D eigenvalue weighted by Gasteiger charge is 2.50. The van der Waals surface area contributed by atoms with Crippen molar-refractivity contribution in [2.75, 3.05) is 13.7 Å². The van der Waals surface area contributed by atoms with Gasteiger partial charge < -0.3 is 14.9 Å². The Morgan fingerprint density at radius 2 is 1.44 bits per heavy atom. The first-order valence-electron chi connectivity index (χ1n) is 8.41. The third kappa shape index (κ3) is 4.00. The summed E-state index contributed by atoms with van der Waals surface area (Å²) in [6.45, 7) is 6.68. The minimum Gasteiger partial charge on any atom is -0.468 e. The van der Waals surface area contributed by atoms with Crippen molar-refractivity contribution in [1.82, 2.24) is 0 Å². The molecule has 1 atom stereocenters. The van der Waals surface area contributed by atoms with Gasteiger partial charge in [-0.3, -0.25) is 4.79 Å². The summed E-state index contributed by atoms with van der Waals surface area (Å²) in [5, 5.41) is 2.17. The summed E-state index contributed by atoms with van der Waals surface area (Å²) in [6, 6.07) is 19.7. The lowest BCUT2D eigenvalue weighted by atomic mass is 10.2. The molecule has 0 aliphatic rings. The summed E-state index contributed by atoms with van der Waals surface area (Å²) in [5.41, 5.74) is 5.96. The molecule has 0 aromatic heterocycles. The Hall–Kier alpha value is -1.95. The van der Waals surface area contributed by atoms with Crippen LogP contribution in [0, 0.1) is 0 Å². The topological polar surface area (TPSA) is 61.5 Å². The molecule has 4 nitrogen and oxygen atoms in total. The number of rotatable bonds is 6. The Bertz CT molecular complexity index is 644. The monoisotopic (exact) mass is 357 g/mol. The van der Waals surface area contributed by atoms with Crippen LogP contribution < -0.4 is 16.1 Å². The zero-order valence-electron chi connectivity index (χ0n) is 15.4. The molecule has 0 aliphatic carbocycles. The van der Waals surface area contributed by atoms with Crippen LogP contribution in [0.5, 0.6) is 0 Å². The van der Waals surface area contributed by atoms with Gasteiger partial charge in [-0.05, 0) is 15.4 Å². The summed E-state index contributed by atoms with van der Waals surface area (Å²) in [4.78, 5) is 11.7.